The molecular formula is C12H9NO2. The monoisotopic (exact) mass is 199 g/mol. The number of allylic oxidation sites excluding steroid dienone is 1. The van der Waals surface area contributed by atoms with Gasteiger partial charge >= 0.3 is 0 Å². The van der Waals surface area contributed by atoms with Gasteiger partial charge in [-0.05, 0) is 23.8 Å². The molecule has 0 spiro atoms. The lowest BCUT2D eigenvalue weighted by atomic mass is 10.1. The molecule has 0 unspecified atom stereocenters. The molecule has 0 heterocycles. The number of nitriles is 1. The minimum absolute atomic E-state index is 0.307. The standard InChI is InChI=1S/C12H9NO2/c13-4-2-1-3-10-5-11(8-14)7-12(6-10)9-15/h1,3,5-9H,2H2. The van der Waals surface area contributed by atoms with Gasteiger partial charge in [0, 0.05) is 11.1 Å². The van der Waals surface area contributed by atoms with E-state index < -0.39 is 0 Å². The Morgan fingerprint density at radius 1 is 1.07 bits per heavy atom. The molecule has 74 valence electrons. The first-order chi connectivity index (χ1) is 7.30. The Kier molecular flexibility index (Phi) is 3.99. The molecule has 0 aliphatic carbocycles. The molecule has 0 aromatic heterocycles. The zero-order chi connectivity index (χ0) is 11.1. The van der Waals surface area contributed by atoms with Gasteiger partial charge in [-0.15, -0.1) is 0 Å². The van der Waals surface area contributed by atoms with E-state index in [9.17, 15) is 9.59 Å². The Morgan fingerprint density at radius 2 is 1.60 bits per heavy atom. The SMILES string of the molecule is N#CCC=Cc1cc(C=O)cc(C=O)c1. The van der Waals surface area contributed by atoms with Crippen molar-refractivity contribution in [3.63, 3.8) is 0 Å². The van der Waals surface area contributed by atoms with E-state index in [1.54, 1.807) is 24.3 Å². The summed E-state index contributed by atoms with van der Waals surface area (Å²) in [6, 6.07) is 6.81. The first-order valence-electron chi connectivity index (χ1n) is 4.39. The second-order valence-electron chi connectivity index (χ2n) is 2.93. The predicted octanol–water partition coefficient (Wildman–Crippen LogP) is 2.24. The van der Waals surface area contributed by atoms with Gasteiger partial charge in [0.05, 0.1) is 12.5 Å². The molecule has 0 N–H and O–H groups in total. The first-order valence-corrected chi connectivity index (χ1v) is 4.39. The molecule has 1 aromatic rings. The third kappa shape index (κ3) is 3.20. The number of benzene rings is 1. The average molecular weight is 199 g/mol. The highest BCUT2D eigenvalue weighted by Crippen LogP contribution is 2.09. The number of hydrogen-bond donors (Lipinski definition) is 0. The van der Waals surface area contributed by atoms with E-state index in [0.717, 1.165) is 5.56 Å². The lowest BCUT2D eigenvalue weighted by Gasteiger charge is -1.97. The molecular weight excluding hydrogens is 190 g/mol. The van der Waals surface area contributed by atoms with Crippen molar-refractivity contribution in [3.8, 4) is 6.07 Å². The van der Waals surface area contributed by atoms with E-state index in [1.807, 2.05) is 6.07 Å². The van der Waals surface area contributed by atoms with Crippen molar-refractivity contribution in [3.05, 3.63) is 41.0 Å². The van der Waals surface area contributed by atoms with Crippen molar-refractivity contribution in [2.24, 2.45) is 0 Å². The molecule has 0 saturated heterocycles. The normalized spacial score (nSPS) is 9.80. The summed E-state index contributed by atoms with van der Waals surface area (Å²) in [4.78, 5) is 21.1. The number of nitrogens with zero attached hydrogens (tertiary/aromatic N) is 1. The summed E-state index contributed by atoms with van der Waals surface area (Å²) >= 11 is 0. The molecule has 3 nitrogen and oxygen atoms in total. The third-order valence-corrected chi connectivity index (χ3v) is 1.79. The largest absolute Gasteiger partial charge is 0.298 e. The zero-order valence-electron chi connectivity index (χ0n) is 8.01. The van der Waals surface area contributed by atoms with Crippen LogP contribution in [0, 0.1) is 11.3 Å². The van der Waals surface area contributed by atoms with Crippen molar-refractivity contribution in [2.75, 3.05) is 0 Å². The van der Waals surface area contributed by atoms with Crippen molar-refractivity contribution in [2.45, 2.75) is 6.42 Å². The highest BCUT2D eigenvalue weighted by atomic mass is 16.1. The summed E-state index contributed by atoms with van der Waals surface area (Å²) < 4.78 is 0. The minimum atomic E-state index is 0.307. The van der Waals surface area contributed by atoms with Crippen LogP contribution in [0.2, 0.25) is 0 Å². The van der Waals surface area contributed by atoms with Crippen LogP contribution in [0.3, 0.4) is 0 Å². The number of carbonyl (C=O) groups is 2. The predicted molar refractivity (Wildman–Crippen MR) is 56.5 cm³/mol. The van der Waals surface area contributed by atoms with Crippen LogP contribution in [0.1, 0.15) is 32.7 Å². The lowest BCUT2D eigenvalue weighted by Crippen LogP contribution is -1.87. The molecule has 0 fully saturated rings. The van der Waals surface area contributed by atoms with Crippen LogP contribution >= 0.6 is 0 Å². The second kappa shape index (κ2) is 5.51. The van der Waals surface area contributed by atoms with Crippen molar-refractivity contribution in [1.29, 1.82) is 5.26 Å². The molecule has 0 saturated carbocycles. The van der Waals surface area contributed by atoms with Gasteiger partial charge in [0.25, 0.3) is 0 Å². The molecule has 15 heavy (non-hydrogen) atoms. The molecule has 1 rings (SSSR count). The van der Waals surface area contributed by atoms with E-state index in [1.165, 1.54) is 6.07 Å². The molecule has 0 aliphatic rings. The molecule has 0 aliphatic heterocycles. The van der Waals surface area contributed by atoms with E-state index in [0.29, 0.717) is 30.1 Å². The third-order valence-electron chi connectivity index (χ3n) is 1.79. The average Bonchev–Trinajstić information content (AvgIpc) is 2.29. The first kappa shape index (κ1) is 10.9. The highest BCUT2D eigenvalue weighted by Gasteiger charge is 1.97. The van der Waals surface area contributed by atoms with Gasteiger partial charge in [-0.3, -0.25) is 9.59 Å². The maximum absolute atomic E-state index is 10.6. The molecule has 3 heteroatoms. The van der Waals surface area contributed by atoms with Crippen LogP contribution in [-0.2, 0) is 0 Å². The van der Waals surface area contributed by atoms with Crippen LogP contribution in [-0.4, -0.2) is 12.6 Å². The smallest absolute Gasteiger partial charge is 0.150 e. The van der Waals surface area contributed by atoms with Crippen LogP contribution in [0.4, 0.5) is 0 Å². The summed E-state index contributed by atoms with van der Waals surface area (Å²) in [5, 5.41) is 8.33. The summed E-state index contributed by atoms with van der Waals surface area (Å²) in [5.74, 6) is 0. The van der Waals surface area contributed by atoms with Gasteiger partial charge in [-0.1, -0.05) is 12.2 Å². The van der Waals surface area contributed by atoms with Gasteiger partial charge in [0.1, 0.15) is 12.6 Å². The van der Waals surface area contributed by atoms with Crippen LogP contribution < -0.4 is 0 Å². The topological polar surface area (TPSA) is 57.9 Å². The van der Waals surface area contributed by atoms with Crippen LogP contribution in [0.5, 0.6) is 0 Å². The Labute approximate surface area is 87.6 Å². The maximum atomic E-state index is 10.6. The molecule has 0 atom stereocenters. The quantitative estimate of drug-likeness (QED) is 0.698. The molecule has 1 aromatic carbocycles. The van der Waals surface area contributed by atoms with E-state index in [2.05, 4.69) is 0 Å². The van der Waals surface area contributed by atoms with Gasteiger partial charge in [0.2, 0.25) is 0 Å². The maximum Gasteiger partial charge on any atom is 0.150 e. The molecule has 0 radical (unpaired) electrons. The zero-order valence-corrected chi connectivity index (χ0v) is 8.01. The van der Waals surface area contributed by atoms with E-state index in [-0.39, 0.29) is 0 Å². The van der Waals surface area contributed by atoms with Gasteiger partial charge in [0.15, 0.2) is 0 Å². The van der Waals surface area contributed by atoms with Gasteiger partial charge < -0.3 is 0 Å². The second-order valence-corrected chi connectivity index (χ2v) is 2.93. The van der Waals surface area contributed by atoms with Gasteiger partial charge in [-0.25, -0.2) is 0 Å². The van der Waals surface area contributed by atoms with Crippen LogP contribution in [0.15, 0.2) is 24.3 Å². The van der Waals surface area contributed by atoms with E-state index in [4.69, 9.17) is 5.26 Å². The summed E-state index contributed by atoms with van der Waals surface area (Å²) in [6.45, 7) is 0. The number of rotatable bonds is 4. The summed E-state index contributed by atoms with van der Waals surface area (Å²) in [6.07, 6.45) is 5.08. The fraction of sp³-hybridized carbons (Fsp3) is 0.0833. The fourth-order valence-corrected chi connectivity index (χ4v) is 1.18. The number of hydrogen-bond acceptors (Lipinski definition) is 3. The van der Waals surface area contributed by atoms with Crippen LogP contribution in [0.25, 0.3) is 6.08 Å². The van der Waals surface area contributed by atoms with Crippen molar-refractivity contribution in [1.82, 2.24) is 0 Å². The Bertz CT molecular complexity index is 415. The molecule has 0 bridgehead atoms. The van der Waals surface area contributed by atoms with Gasteiger partial charge in [-0.2, -0.15) is 5.26 Å². The van der Waals surface area contributed by atoms with Crippen molar-refractivity contribution < 1.29 is 9.59 Å². The lowest BCUT2D eigenvalue weighted by molar-refractivity contribution is 0.112. The summed E-state index contributed by atoms with van der Waals surface area (Å²) in [5.41, 5.74) is 1.66. The Morgan fingerprint density at radius 3 is 2.07 bits per heavy atom. The number of carbonyl (C=O) groups excluding carboxylic acids is 2. The number of aldehydes is 2. The highest BCUT2D eigenvalue weighted by molar-refractivity contribution is 5.83. The van der Waals surface area contributed by atoms with E-state index >= 15 is 0 Å². The Balaban J connectivity index is 3.02. The molecule has 0 amide bonds. The minimum Gasteiger partial charge on any atom is -0.298 e. The summed E-state index contributed by atoms with van der Waals surface area (Å²) in [7, 11) is 0. The fourth-order valence-electron chi connectivity index (χ4n) is 1.18. The Hall–Kier alpha value is -2.21. The van der Waals surface area contributed by atoms with Crippen molar-refractivity contribution >= 4 is 18.6 Å².